The Morgan fingerprint density at radius 2 is 0.800 bits per heavy atom. The second-order valence-corrected chi connectivity index (χ2v) is 8.16. The van der Waals surface area contributed by atoms with E-state index in [1.165, 1.54) is 62.2 Å². The largest absolute Gasteiger partial charge is 0.281 e. The Kier molecular flexibility index (Phi) is 17.0. The first-order valence-corrected chi connectivity index (χ1v) is 12.0. The molecule has 30 heavy (non-hydrogen) atoms. The van der Waals surface area contributed by atoms with Gasteiger partial charge in [0.25, 0.3) is 0 Å². The summed E-state index contributed by atoms with van der Waals surface area (Å²) in [5.41, 5.74) is 0. The van der Waals surface area contributed by atoms with E-state index in [0.717, 1.165) is 38.5 Å². The van der Waals surface area contributed by atoms with Crippen LogP contribution in [0.5, 0.6) is 0 Å². The molecule has 0 N–H and O–H groups in total. The van der Waals surface area contributed by atoms with E-state index in [4.69, 9.17) is 0 Å². The highest BCUT2D eigenvalue weighted by molar-refractivity contribution is 5.95. The van der Waals surface area contributed by atoms with Gasteiger partial charge in [-0.1, -0.05) is 78.1 Å². The van der Waals surface area contributed by atoms with Crippen LogP contribution in [-0.4, -0.2) is 46.5 Å². The molecule has 0 radical (unpaired) electrons. The van der Waals surface area contributed by atoms with Crippen molar-refractivity contribution >= 4 is 23.6 Å². The van der Waals surface area contributed by atoms with Crippen molar-refractivity contribution in [2.45, 2.75) is 118 Å². The van der Waals surface area contributed by atoms with Crippen LogP contribution in [0.15, 0.2) is 0 Å². The molecular weight excluding hydrogens is 380 g/mol. The summed E-state index contributed by atoms with van der Waals surface area (Å²) in [6, 6.07) is 0. The van der Waals surface area contributed by atoms with Crippen molar-refractivity contribution in [2.24, 2.45) is 0 Å². The Bertz CT molecular complexity index is 473. The highest BCUT2D eigenvalue weighted by Gasteiger charge is 2.22. The van der Waals surface area contributed by atoms with Gasteiger partial charge in [-0.2, -0.15) is 0 Å². The van der Waals surface area contributed by atoms with E-state index in [1.54, 1.807) is 0 Å². The lowest BCUT2D eigenvalue weighted by atomic mass is 10.1. The van der Waals surface area contributed by atoms with E-state index in [2.05, 4.69) is 13.8 Å². The number of hydrogen-bond acceptors (Lipinski definition) is 4. The van der Waals surface area contributed by atoms with Gasteiger partial charge < -0.3 is 0 Å². The smallest absolute Gasteiger partial charge is 0.229 e. The lowest BCUT2D eigenvalue weighted by molar-refractivity contribution is -0.149. The van der Waals surface area contributed by atoms with Gasteiger partial charge in [-0.25, -0.2) is 0 Å². The molecule has 174 valence electrons. The molecule has 0 rings (SSSR count). The van der Waals surface area contributed by atoms with Gasteiger partial charge >= 0.3 is 0 Å². The van der Waals surface area contributed by atoms with Crippen LogP contribution in [0.25, 0.3) is 0 Å². The first kappa shape index (κ1) is 28.3. The van der Waals surface area contributed by atoms with Crippen LogP contribution < -0.4 is 0 Å². The number of unbranched alkanes of at least 4 members (excludes halogenated alkanes) is 10. The van der Waals surface area contributed by atoms with Gasteiger partial charge in [0.05, 0.1) is 0 Å². The number of carbonyl (C=O) groups excluding carboxylic acids is 4. The second-order valence-electron chi connectivity index (χ2n) is 8.16. The molecule has 0 aliphatic heterocycles. The fourth-order valence-electron chi connectivity index (χ4n) is 3.50. The molecule has 0 heterocycles. The maximum Gasteiger partial charge on any atom is 0.229 e. The molecule has 0 atom stereocenters. The van der Waals surface area contributed by atoms with Crippen LogP contribution in [0.1, 0.15) is 118 Å². The molecular formula is C24H44N2O4. The molecule has 0 unspecified atom stereocenters. The average molecular weight is 425 g/mol. The van der Waals surface area contributed by atoms with Crippen molar-refractivity contribution in [1.29, 1.82) is 0 Å². The van der Waals surface area contributed by atoms with Crippen LogP contribution in [0.4, 0.5) is 0 Å². The number of amides is 4. The molecule has 0 aromatic carbocycles. The number of rotatable bonds is 17. The molecule has 0 bridgehead atoms. The lowest BCUT2D eigenvalue weighted by Crippen LogP contribution is -2.44. The number of hydrogen-bond donors (Lipinski definition) is 0. The van der Waals surface area contributed by atoms with E-state index in [-0.39, 0.29) is 36.7 Å². The molecule has 0 saturated heterocycles. The zero-order valence-electron chi connectivity index (χ0n) is 19.8. The average Bonchev–Trinajstić information content (AvgIpc) is 2.69. The second kappa shape index (κ2) is 18.1. The Labute approximate surface area is 183 Å². The molecule has 0 saturated carbocycles. The van der Waals surface area contributed by atoms with Gasteiger partial charge in [0.15, 0.2) is 0 Å². The quantitative estimate of drug-likeness (QED) is 0.299. The third kappa shape index (κ3) is 13.5. The minimum atomic E-state index is -0.335. The SMILES string of the molecule is CCCCCCCCC(=O)N(CCN(C(C)=O)C(=O)CCCCCCCC)C(C)=O. The van der Waals surface area contributed by atoms with Gasteiger partial charge in [0.1, 0.15) is 0 Å². The molecule has 0 aromatic rings. The third-order valence-corrected chi connectivity index (χ3v) is 5.40. The fourth-order valence-corrected chi connectivity index (χ4v) is 3.50. The minimum Gasteiger partial charge on any atom is -0.281 e. The summed E-state index contributed by atoms with van der Waals surface area (Å²) in [6.07, 6.45) is 13.5. The van der Waals surface area contributed by atoms with Crippen LogP contribution in [0.2, 0.25) is 0 Å². The molecule has 6 nitrogen and oxygen atoms in total. The van der Waals surface area contributed by atoms with Crippen molar-refractivity contribution in [2.75, 3.05) is 13.1 Å². The van der Waals surface area contributed by atoms with Gasteiger partial charge in [0, 0.05) is 39.8 Å². The standard InChI is InChI=1S/C24H44N2O4/c1-5-7-9-11-13-15-17-23(29)25(21(3)27)19-20-26(22(4)28)24(30)18-16-14-12-10-8-6-2/h5-20H2,1-4H3. The molecule has 0 fully saturated rings. The fraction of sp³-hybridized carbons (Fsp3) is 0.833. The van der Waals surface area contributed by atoms with Crippen LogP contribution in [0.3, 0.4) is 0 Å². The lowest BCUT2D eigenvalue weighted by Gasteiger charge is -2.24. The maximum atomic E-state index is 12.4. The molecule has 0 spiro atoms. The molecule has 0 aliphatic rings. The van der Waals surface area contributed by atoms with Gasteiger partial charge in [0.2, 0.25) is 23.6 Å². The third-order valence-electron chi connectivity index (χ3n) is 5.40. The van der Waals surface area contributed by atoms with Crippen LogP contribution in [-0.2, 0) is 19.2 Å². The van der Waals surface area contributed by atoms with E-state index in [1.807, 2.05) is 0 Å². The summed E-state index contributed by atoms with van der Waals surface area (Å²) < 4.78 is 0. The molecule has 0 aliphatic carbocycles. The Balaban J connectivity index is 4.45. The minimum absolute atomic E-state index is 0.0752. The number of imide groups is 2. The predicted molar refractivity (Wildman–Crippen MR) is 121 cm³/mol. The first-order valence-electron chi connectivity index (χ1n) is 12.0. The summed E-state index contributed by atoms with van der Waals surface area (Å²) >= 11 is 0. The monoisotopic (exact) mass is 424 g/mol. The number of carbonyl (C=O) groups is 4. The van der Waals surface area contributed by atoms with Crippen molar-refractivity contribution in [3.63, 3.8) is 0 Å². The zero-order chi connectivity index (χ0) is 22.8. The van der Waals surface area contributed by atoms with E-state index < -0.39 is 0 Å². The van der Waals surface area contributed by atoms with E-state index in [0.29, 0.717) is 12.8 Å². The molecule has 0 aromatic heterocycles. The van der Waals surface area contributed by atoms with Gasteiger partial charge in [-0.3, -0.25) is 29.0 Å². The van der Waals surface area contributed by atoms with Crippen molar-refractivity contribution in [1.82, 2.24) is 9.80 Å². The van der Waals surface area contributed by atoms with Gasteiger partial charge in [-0.15, -0.1) is 0 Å². The van der Waals surface area contributed by atoms with E-state index in [9.17, 15) is 19.2 Å². The highest BCUT2D eigenvalue weighted by Crippen LogP contribution is 2.11. The summed E-state index contributed by atoms with van der Waals surface area (Å²) in [6.45, 7) is 7.19. The molecule has 6 heteroatoms. The summed E-state index contributed by atoms with van der Waals surface area (Å²) in [5.74, 6) is -1.11. The van der Waals surface area contributed by atoms with Crippen LogP contribution in [0, 0.1) is 0 Å². The number of nitrogens with zero attached hydrogens (tertiary/aromatic N) is 2. The maximum absolute atomic E-state index is 12.4. The normalized spacial score (nSPS) is 10.7. The Hall–Kier alpha value is -1.72. The summed E-state index contributed by atoms with van der Waals surface area (Å²) in [7, 11) is 0. The topological polar surface area (TPSA) is 74.8 Å². The summed E-state index contributed by atoms with van der Waals surface area (Å²) in [4.78, 5) is 51.1. The van der Waals surface area contributed by atoms with Crippen molar-refractivity contribution in [3.05, 3.63) is 0 Å². The Morgan fingerprint density at radius 1 is 0.500 bits per heavy atom. The summed E-state index contributed by atoms with van der Waals surface area (Å²) in [5, 5.41) is 0. The van der Waals surface area contributed by atoms with Gasteiger partial charge in [-0.05, 0) is 12.8 Å². The van der Waals surface area contributed by atoms with Crippen molar-refractivity contribution in [3.8, 4) is 0 Å². The highest BCUT2D eigenvalue weighted by atomic mass is 16.2. The van der Waals surface area contributed by atoms with E-state index >= 15 is 0 Å². The first-order chi connectivity index (χ1) is 14.3. The van der Waals surface area contributed by atoms with Crippen LogP contribution >= 0.6 is 0 Å². The zero-order valence-corrected chi connectivity index (χ0v) is 19.8. The van der Waals surface area contributed by atoms with Crippen molar-refractivity contribution < 1.29 is 19.2 Å². The molecule has 4 amide bonds. The predicted octanol–water partition coefficient (Wildman–Crippen LogP) is 5.24. The Morgan fingerprint density at radius 3 is 1.10 bits per heavy atom.